The van der Waals surface area contributed by atoms with Crippen molar-refractivity contribution in [2.75, 3.05) is 37.7 Å². The number of rotatable bonds is 2. The lowest BCUT2D eigenvalue weighted by molar-refractivity contribution is 0.105. The lowest BCUT2D eigenvalue weighted by Crippen LogP contribution is -2.49. The van der Waals surface area contributed by atoms with Gasteiger partial charge in [0.15, 0.2) is 0 Å². The third-order valence-electron chi connectivity index (χ3n) is 3.38. The Balaban J connectivity index is 1.97. The normalized spacial score (nSPS) is 15.5. The molecule has 104 valence electrons. The number of piperazine rings is 1. The number of amides is 1. The largest absolute Gasteiger partial charge is 0.450 e. The number of nitrogens with zero attached hydrogens (tertiary/aromatic N) is 2. The van der Waals surface area contributed by atoms with Crippen LogP contribution >= 0.6 is 0 Å². The molecule has 4 nitrogen and oxygen atoms in total. The van der Waals surface area contributed by atoms with Gasteiger partial charge in [0.25, 0.3) is 0 Å². The summed E-state index contributed by atoms with van der Waals surface area (Å²) < 4.78 is 5.03. The van der Waals surface area contributed by atoms with Gasteiger partial charge in [0.05, 0.1) is 6.61 Å². The maximum atomic E-state index is 11.6. The lowest BCUT2D eigenvalue weighted by atomic mass is 10.1. The zero-order valence-corrected chi connectivity index (χ0v) is 12.0. The summed E-state index contributed by atoms with van der Waals surface area (Å²) in [6, 6.07) is 6.58. The number of carbonyl (C=O) groups excluding carboxylic acids is 1. The molecule has 0 radical (unpaired) electrons. The smallest absolute Gasteiger partial charge is 0.409 e. The standard InChI is InChI=1S/C15H22N2O2/c1-4-19-15(18)17-7-5-16(6-8-17)14-10-12(2)9-13(3)11-14/h9-11H,4-8H2,1-3H3. The highest BCUT2D eigenvalue weighted by Crippen LogP contribution is 2.20. The fourth-order valence-corrected chi connectivity index (χ4v) is 2.50. The molecule has 1 saturated heterocycles. The van der Waals surface area contributed by atoms with Crippen molar-refractivity contribution in [1.82, 2.24) is 4.90 Å². The minimum absolute atomic E-state index is 0.192. The summed E-state index contributed by atoms with van der Waals surface area (Å²) in [5, 5.41) is 0. The number of aryl methyl sites for hydroxylation is 2. The molecule has 0 unspecified atom stereocenters. The number of hydrogen-bond donors (Lipinski definition) is 0. The molecule has 4 heteroatoms. The van der Waals surface area contributed by atoms with Crippen LogP contribution in [0.4, 0.5) is 10.5 Å². The van der Waals surface area contributed by atoms with E-state index in [1.54, 1.807) is 4.90 Å². The second kappa shape index (κ2) is 5.95. The van der Waals surface area contributed by atoms with Gasteiger partial charge in [-0.25, -0.2) is 4.79 Å². The van der Waals surface area contributed by atoms with Gasteiger partial charge in [0.1, 0.15) is 0 Å². The molecule has 0 atom stereocenters. The number of carbonyl (C=O) groups is 1. The molecule has 0 aromatic heterocycles. The molecule has 2 rings (SSSR count). The van der Waals surface area contributed by atoms with Gasteiger partial charge in [-0.15, -0.1) is 0 Å². The Morgan fingerprint density at radius 2 is 1.68 bits per heavy atom. The summed E-state index contributed by atoms with van der Waals surface area (Å²) in [6.45, 7) is 9.69. The zero-order chi connectivity index (χ0) is 13.8. The maximum Gasteiger partial charge on any atom is 0.409 e. The van der Waals surface area contributed by atoms with Crippen molar-refractivity contribution in [2.24, 2.45) is 0 Å². The molecular formula is C15H22N2O2. The van der Waals surface area contributed by atoms with Gasteiger partial charge in [0.2, 0.25) is 0 Å². The van der Waals surface area contributed by atoms with E-state index in [0.717, 1.165) is 26.2 Å². The molecule has 1 aromatic rings. The number of hydrogen-bond acceptors (Lipinski definition) is 3. The molecule has 1 amide bonds. The molecule has 0 saturated carbocycles. The van der Waals surface area contributed by atoms with E-state index in [2.05, 4.69) is 36.9 Å². The first-order valence-electron chi connectivity index (χ1n) is 6.85. The van der Waals surface area contributed by atoms with Gasteiger partial charge >= 0.3 is 6.09 Å². The molecule has 0 bridgehead atoms. The van der Waals surface area contributed by atoms with Crippen LogP contribution in [0, 0.1) is 13.8 Å². The van der Waals surface area contributed by atoms with Gasteiger partial charge < -0.3 is 14.5 Å². The number of ether oxygens (including phenoxy) is 1. The minimum Gasteiger partial charge on any atom is -0.450 e. The molecule has 1 heterocycles. The van der Waals surface area contributed by atoms with Crippen LogP contribution in [0.25, 0.3) is 0 Å². The Hall–Kier alpha value is -1.71. The van der Waals surface area contributed by atoms with Crippen molar-refractivity contribution in [2.45, 2.75) is 20.8 Å². The first-order valence-corrected chi connectivity index (χ1v) is 6.85. The van der Waals surface area contributed by atoms with Gasteiger partial charge in [-0.3, -0.25) is 0 Å². The summed E-state index contributed by atoms with van der Waals surface area (Å²) in [6.07, 6.45) is -0.192. The van der Waals surface area contributed by atoms with Crippen LogP contribution in [0.1, 0.15) is 18.1 Å². The SMILES string of the molecule is CCOC(=O)N1CCN(c2cc(C)cc(C)c2)CC1. The van der Waals surface area contributed by atoms with Crippen molar-refractivity contribution < 1.29 is 9.53 Å². The molecule has 19 heavy (non-hydrogen) atoms. The summed E-state index contributed by atoms with van der Waals surface area (Å²) in [5.41, 5.74) is 3.81. The third-order valence-corrected chi connectivity index (χ3v) is 3.38. The summed E-state index contributed by atoms with van der Waals surface area (Å²) in [4.78, 5) is 15.7. The van der Waals surface area contributed by atoms with Gasteiger partial charge in [0, 0.05) is 31.9 Å². The van der Waals surface area contributed by atoms with E-state index < -0.39 is 0 Å². The zero-order valence-electron chi connectivity index (χ0n) is 12.0. The quantitative estimate of drug-likeness (QED) is 0.821. The van der Waals surface area contributed by atoms with Crippen LogP contribution in [0.3, 0.4) is 0 Å². The molecule has 1 aliphatic rings. The van der Waals surface area contributed by atoms with Gasteiger partial charge in [-0.2, -0.15) is 0 Å². The van der Waals surface area contributed by atoms with Crippen molar-refractivity contribution in [3.05, 3.63) is 29.3 Å². The highest BCUT2D eigenvalue weighted by atomic mass is 16.6. The maximum absolute atomic E-state index is 11.6. The predicted molar refractivity (Wildman–Crippen MR) is 76.7 cm³/mol. The molecular weight excluding hydrogens is 240 g/mol. The fraction of sp³-hybridized carbons (Fsp3) is 0.533. The minimum atomic E-state index is -0.192. The summed E-state index contributed by atoms with van der Waals surface area (Å²) in [7, 11) is 0. The monoisotopic (exact) mass is 262 g/mol. The Bertz CT molecular complexity index is 431. The van der Waals surface area contributed by atoms with Crippen LogP contribution < -0.4 is 4.90 Å². The van der Waals surface area contributed by atoms with Crippen molar-refractivity contribution >= 4 is 11.8 Å². The highest BCUT2D eigenvalue weighted by Gasteiger charge is 2.22. The third kappa shape index (κ3) is 3.40. The number of benzene rings is 1. The van der Waals surface area contributed by atoms with Crippen molar-refractivity contribution in [1.29, 1.82) is 0 Å². The molecule has 0 N–H and O–H groups in total. The highest BCUT2D eigenvalue weighted by molar-refractivity contribution is 5.68. The van der Waals surface area contributed by atoms with Crippen LogP contribution in [0.15, 0.2) is 18.2 Å². The molecule has 0 aliphatic carbocycles. The van der Waals surface area contributed by atoms with E-state index in [4.69, 9.17) is 4.74 Å². The first kappa shape index (κ1) is 13.7. The number of anilines is 1. The Kier molecular flexibility index (Phi) is 4.30. The van der Waals surface area contributed by atoms with E-state index in [0.29, 0.717) is 6.61 Å². The average Bonchev–Trinajstić information content (AvgIpc) is 2.38. The van der Waals surface area contributed by atoms with Gasteiger partial charge in [-0.1, -0.05) is 6.07 Å². The van der Waals surface area contributed by atoms with Crippen molar-refractivity contribution in [3.8, 4) is 0 Å². The molecule has 1 aromatic carbocycles. The molecule has 1 aliphatic heterocycles. The Labute approximate surface area is 115 Å². The summed E-state index contributed by atoms with van der Waals surface area (Å²) >= 11 is 0. The Morgan fingerprint density at radius 3 is 2.21 bits per heavy atom. The Morgan fingerprint density at radius 1 is 1.11 bits per heavy atom. The lowest BCUT2D eigenvalue weighted by Gasteiger charge is -2.35. The van der Waals surface area contributed by atoms with E-state index in [-0.39, 0.29) is 6.09 Å². The van der Waals surface area contributed by atoms with E-state index in [1.807, 2.05) is 6.92 Å². The summed E-state index contributed by atoms with van der Waals surface area (Å²) in [5.74, 6) is 0. The van der Waals surface area contributed by atoms with E-state index in [9.17, 15) is 4.79 Å². The van der Waals surface area contributed by atoms with Crippen LogP contribution in [0.5, 0.6) is 0 Å². The van der Waals surface area contributed by atoms with Gasteiger partial charge in [-0.05, 0) is 44.0 Å². The van der Waals surface area contributed by atoms with Crippen molar-refractivity contribution in [3.63, 3.8) is 0 Å². The topological polar surface area (TPSA) is 32.8 Å². The first-order chi connectivity index (χ1) is 9.10. The van der Waals surface area contributed by atoms with Crippen LogP contribution in [-0.4, -0.2) is 43.8 Å². The second-order valence-electron chi connectivity index (χ2n) is 5.02. The van der Waals surface area contributed by atoms with Crippen LogP contribution in [0.2, 0.25) is 0 Å². The second-order valence-corrected chi connectivity index (χ2v) is 5.02. The predicted octanol–water partition coefficient (Wildman–Crippen LogP) is 2.58. The fourth-order valence-electron chi connectivity index (χ4n) is 2.50. The van der Waals surface area contributed by atoms with E-state index in [1.165, 1.54) is 16.8 Å². The molecule has 0 spiro atoms. The van der Waals surface area contributed by atoms with Crippen LogP contribution in [-0.2, 0) is 4.74 Å². The van der Waals surface area contributed by atoms with E-state index >= 15 is 0 Å². The average molecular weight is 262 g/mol. The molecule has 1 fully saturated rings.